The van der Waals surface area contributed by atoms with Crippen LogP contribution in [0.4, 0.5) is 5.69 Å². The minimum absolute atomic E-state index is 0.135. The van der Waals surface area contributed by atoms with Gasteiger partial charge in [-0.1, -0.05) is 23.7 Å². The fraction of sp³-hybridized carbons (Fsp3) is 0.188. The Morgan fingerprint density at radius 1 is 1.24 bits per heavy atom. The number of benzene rings is 2. The van der Waals surface area contributed by atoms with Crippen LogP contribution in [0, 0.1) is 0 Å². The molecule has 2 rings (SSSR count). The summed E-state index contributed by atoms with van der Waals surface area (Å²) in [6, 6.07) is 10.2. The molecule has 1 atom stereocenters. The predicted octanol–water partition coefficient (Wildman–Crippen LogP) is 3.42. The van der Waals surface area contributed by atoms with Crippen molar-refractivity contribution in [2.75, 3.05) is 12.4 Å². The number of anilines is 1. The van der Waals surface area contributed by atoms with Gasteiger partial charge in [0.05, 0.1) is 18.8 Å². The number of halogens is 2. The molecule has 134 valence electrons. The maximum absolute atomic E-state index is 12.6. The lowest BCUT2D eigenvalue weighted by Gasteiger charge is -2.16. The number of para-hydroxylation sites is 1. The molecule has 0 spiro atoms. The van der Waals surface area contributed by atoms with Gasteiger partial charge in [0.1, 0.15) is 10.6 Å². The zero-order chi connectivity index (χ0) is 18.6. The van der Waals surface area contributed by atoms with Crippen molar-refractivity contribution in [2.24, 2.45) is 0 Å². The van der Waals surface area contributed by atoms with Gasteiger partial charge in [-0.3, -0.25) is 4.79 Å². The quantitative estimate of drug-likeness (QED) is 0.711. The second-order valence-electron chi connectivity index (χ2n) is 5.11. The van der Waals surface area contributed by atoms with Gasteiger partial charge in [-0.05, 0) is 53.2 Å². The smallest absolute Gasteiger partial charge is 0.245 e. The largest absolute Gasteiger partial charge is 0.495 e. The lowest BCUT2D eigenvalue weighted by Crippen LogP contribution is -2.41. The van der Waals surface area contributed by atoms with E-state index in [1.165, 1.54) is 32.2 Å². The molecule has 0 aliphatic carbocycles. The molecule has 0 radical (unpaired) electrons. The van der Waals surface area contributed by atoms with E-state index in [0.29, 0.717) is 10.2 Å². The van der Waals surface area contributed by atoms with Gasteiger partial charge < -0.3 is 10.1 Å². The highest BCUT2D eigenvalue weighted by Crippen LogP contribution is 2.27. The molecule has 0 saturated heterocycles. The van der Waals surface area contributed by atoms with E-state index < -0.39 is 22.0 Å². The van der Waals surface area contributed by atoms with E-state index in [-0.39, 0.29) is 15.7 Å². The van der Waals surface area contributed by atoms with Crippen LogP contribution in [-0.2, 0) is 14.8 Å². The molecule has 2 aromatic carbocycles. The van der Waals surface area contributed by atoms with E-state index in [1.807, 2.05) is 0 Å². The third kappa shape index (κ3) is 4.94. The maximum Gasteiger partial charge on any atom is 0.245 e. The standard InChI is InChI=1S/C16H16BrClN2O4S/c1-10(16(21)19-13-6-4-3-5-12(13)17)20-25(22,23)15-9-11(18)7-8-14(15)24-2/h3-10,20H,1-2H3,(H,19,21)/t10-/m0/s1. The molecule has 25 heavy (non-hydrogen) atoms. The van der Waals surface area contributed by atoms with Crippen LogP contribution in [0.5, 0.6) is 5.75 Å². The molecule has 2 aromatic rings. The Hall–Kier alpha value is -1.61. The molecule has 0 aliphatic heterocycles. The molecule has 2 N–H and O–H groups in total. The SMILES string of the molecule is COc1ccc(Cl)cc1S(=O)(=O)N[C@@H](C)C(=O)Nc1ccccc1Br. The fourth-order valence-electron chi connectivity index (χ4n) is 2.01. The monoisotopic (exact) mass is 446 g/mol. The van der Waals surface area contributed by atoms with E-state index in [2.05, 4.69) is 26.0 Å². The normalized spacial score (nSPS) is 12.5. The molecule has 0 unspecified atom stereocenters. The number of carbonyl (C=O) groups is 1. The van der Waals surface area contributed by atoms with Crippen LogP contribution in [0.15, 0.2) is 51.8 Å². The highest BCUT2D eigenvalue weighted by molar-refractivity contribution is 9.10. The van der Waals surface area contributed by atoms with Crippen LogP contribution < -0.4 is 14.8 Å². The Morgan fingerprint density at radius 2 is 1.92 bits per heavy atom. The minimum Gasteiger partial charge on any atom is -0.495 e. The lowest BCUT2D eigenvalue weighted by molar-refractivity contribution is -0.117. The van der Waals surface area contributed by atoms with Crippen molar-refractivity contribution >= 4 is 49.1 Å². The molecule has 0 bridgehead atoms. The first kappa shape index (κ1) is 19.7. The van der Waals surface area contributed by atoms with Crippen LogP contribution in [0.1, 0.15) is 6.92 Å². The van der Waals surface area contributed by atoms with Gasteiger partial charge in [0, 0.05) is 9.50 Å². The van der Waals surface area contributed by atoms with E-state index in [4.69, 9.17) is 16.3 Å². The van der Waals surface area contributed by atoms with Crippen LogP contribution in [-0.4, -0.2) is 27.5 Å². The summed E-state index contributed by atoms with van der Waals surface area (Å²) in [5.74, 6) is -0.369. The molecule has 6 nitrogen and oxygen atoms in total. The Balaban J connectivity index is 2.19. The zero-order valence-electron chi connectivity index (χ0n) is 13.4. The lowest BCUT2D eigenvalue weighted by atomic mass is 10.3. The van der Waals surface area contributed by atoms with Gasteiger partial charge in [-0.2, -0.15) is 4.72 Å². The number of hydrogen-bond acceptors (Lipinski definition) is 4. The average molecular weight is 448 g/mol. The topological polar surface area (TPSA) is 84.5 Å². The van der Waals surface area contributed by atoms with Crippen LogP contribution in [0.3, 0.4) is 0 Å². The van der Waals surface area contributed by atoms with Crippen molar-refractivity contribution in [1.82, 2.24) is 4.72 Å². The first-order valence-electron chi connectivity index (χ1n) is 7.16. The molecule has 9 heteroatoms. The number of ether oxygens (including phenoxy) is 1. The van der Waals surface area contributed by atoms with Gasteiger partial charge in [0.15, 0.2) is 0 Å². The van der Waals surface area contributed by atoms with E-state index in [9.17, 15) is 13.2 Å². The minimum atomic E-state index is -4.00. The Labute approximate surface area is 159 Å². The number of hydrogen-bond donors (Lipinski definition) is 2. The molecule has 0 aromatic heterocycles. The molecule has 0 aliphatic rings. The Bertz CT molecular complexity index is 889. The zero-order valence-corrected chi connectivity index (χ0v) is 16.6. The maximum atomic E-state index is 12.6. The third-order valence-corrected chi connectivity index (χ3v) is 5.76. The molecular formula is C16H16BrClN2O4S. The summed E-state index contributed by atoms with van der Waals surface area (Å²) in [6.07, 6.45) is 0. The van der Waals surface area contributed by atoms with Gasteiger partial charge in [0.2, 0.25) is 15.9 Å². The van der Waals surface area contributed by atoms with Crippen molar-refractivity contribution < 1.29 is 17.9 Å². The van der Waals surface area contributed by atoms with Crippen molar-refractivity contribution in [2.45, 2.75) is 17.9 Å². The van der Waals surface area contributed by atoms with Gasteiger partial charge >= 0.3 is 0 Å². The molecule has 0 saturated carbocycles. The number of amides is 1. The Kier molecular flexibility index (Phi) is 6.45. The van der Waals surface area contributed by atoms with Gasteiger partial charge in [-0.15, -0.1) is 0 Å². The molecule has 1 amide bonds. The summed E-state index contributed by atoms with van der Waals surface area (Å²) >= 11 is 9.19. The highest BCUT2D eigenvalue weighted by Gasteiger charge is 2.25. The second kappa shape index (κ2) is 8.18. The van der Waals surface area contributed by atoms with Crippen LogP contribution >= 0.6 is 27.5 Å². The molecule has 0 heterocycles. The summed E-state index contributed by atoms with van der Waals surface area (Å²) in [6.45, 7) is 1.45. The van der Waals surface area contributed by atoms with E-state index in [1.54, 1.807) is 24.3 Å². The van der Waals surface area contributed by atoms with Crippen molar-refractivity contribution in [3.63, 3.8) is 0 Å². The van der Waals surface area contributed by atoms with Crippen LogP contribution in [0.25, 0.3) is 0 Å². The summed E-state index contributed by atoms with van der Waals surface area (Å²) < 4.78 is 33.2. The first-order valence-corrected chi connectivity index (χ1v) is 9.81. The predicted molar refractivity (Wildman–Crippen MR) is 101 cm³/mol. The van der Waals surface area contributed by atoms with E-state index >= 15 is 0 Å². The number of nitrogens with one attached hydrogen (secondary N) is 2. The number of methoxy groups -OCH3 is 1. The van der Waals surface area contributed by atoms with Crippen molar-refractivity contribution in [1.29, 1.82) is 0 Å². The number of rotatable bonds is 6. The van der Waals surface area contributed by atoms with E-state index in [0.717, 1.165) is 0 Å². The first-order chi connectivity index (χ1) is 11.7. The number of sulfonamides is 1. The number of carbonyl (C=O) groups excluding carboxylic acids is 1. The molecule has 0 fully saturated rings. The summed E-state index contributed by atoms with van der Waals surface area (Å²) in [7, 11) is -2.65. The van der Waals surface area contributed by atoms with Gasteiger partial charge in [0.25, 0.3) is 0 Å². The highest BCUT2D eigenvalue weighted by atomic mass is 79.9. The fourth-order valence-corrected chi connectivity index (χ4v) is 4.03. The third-order valence-electron chi connectivity index (χ3n) is 3.27. The van der Waals surface area contributed by atoms with Crippen molar-refractivity contribution in [3.05, 3.63) is 52.0 Å². The average Bonchev–Trinajstić information content (AvgIpc) is 2.56. The van der Waals surface area contributed by atoms with Gasteiger partial charge in [-0.25, -0.2) is 8.42 Å². The summed E-state index contributed by atoms with van der Waals surface area (Å²) in [5.41, 5.74) is 0.541. The molecular weight excluding hydrogens is 432 g/mol. The Morgan fingerprint density at radius 3 is 2.56 bits per heavy atom. The summed E-state index contributed by atoms with van der Waals surface area (Å²) in [5, 5.41) is 2.90. The van der Waals surface area contributed by atoms with Crippen LogP contribution in [0.2, 0.25) is 5.02 Å². The second-order valence-corrected chi connectivity index (χ2v) is 8.08. The summed E-state index contributed by atoms with van der Waals surface area (Å²) in [4.78, 5) is 12.1. The van der Waals surface area contributed by atoms with Crippen molar-refractivity contribution in [3.8, 4) is 5.75 Å².